The molecule has 1 atom stereocenters. The molecule has 0 saturated heterocycles. The molecule has 0 aromatic rings. The summed E-state index contributed by atoms with van der Waals surface area (Å²) in [7, 11) is 1.32. The van der Waals surface area contributed by atoms with Gasteiger partial charge in [0.25, 0.3) is 0 Å². The van der Waals surface area contributed by atoms with Crippen LogP contribution in [0.15, 0.2) is 12.0 Å². The third kappa shape index (κ3) is 3.49. The van der Waals surface area contributed by atoms with Crippen LogP contribution in [0, 0.1) is 0 Å². The second-order valence-electron chi connectivity index (χ2n) is 1.55. The number of hydrogen-bond donors (Lipinski definition) is 1. The van der Waals surface area contributed by atoms with E-state index in [4.69, 9.17) is 5.73 Å². The monoisotopic (exact) mass is 116 g/mol. The van der Waals surface area contributed by atoms with E-state index in [2.05, 4.69) is 4.74 Å². The minimum atomic E-state index is -0.375. The number of nitrogens with two attached hydrogens (primary N) is 1. The summed E-state index contributed by atoms with van der Waals surface area (Å²) in [6.07, 6.45) is 1.31. The molecule has 0 heterocycles. The van der Waals surface area contributed by atoms with Crippen LogP contribution in [0.25, 0.3) is 0 Å². The maximum atomic E-state index is 10.3. The first-order valence-corrected chi connectivity index (χ1v) is 2.35. The predicted octanol–water partition coefficient (Wildman–Crippen LogP) is -0.818. The molecule has 0 aliphatic rings. The van der Waals surface area contributed by atoms with Gasteiger partial charge in [0.15, 0.2) is 0 Å². The molecule has 0 bridgehead atoms. The Bertz CT molecular complexity index is 88.4. The first kappa shape index (κ1) is 7.30. The third-order valence-electron chi connectivity index (χ3n) is 0.600. The Hall–Kier alpha value is -0.700. The van der Waals surface area contributed by atoms with Gasteiger partial charge < -0.3 is 15.6 Å². The number of hydrogen-bond acceptors (Lipinski definition) is 3. The fraction of sp³-hybridized carbons (Fsp3) is 0.600. The molecule has 8 heavy (non-hydrogen) atoms. The van der Waals surface area contributed by atoms with Gasteiger partial charge in [-0.2, -0.15) is 0 Å². The highest BCUT2D eigenvalue weighted by Crippen LogP contribution is 1.84. The molecule has 0 aliphatic heterocycles. The Balaban J connectivity index is 3.56. The maximum absolute atomic E-state index is 10.3. The molecular weight excluding hydrogens is 106 g/mol. The van der Waals surface area contributed by atoms with Crippen LogP contribution in [0.5, 0.6) is 0 Å². The Kier molecular flexibility index (Phi) is 3.03. The molecule has 3 heteroatoms. The van der Waals surface area contributed by atoms with Crippen LogP contribution in [0.1, 0.15) is 6.92 Å². The molecule has 0 rings (SSSR count). The van der Waals surface area contributed by atoms with Crippen molar-refractivity contribution in [3.8, 4) is 0 Å². The molecule has 0 radical (unpaired) electrons. The Morgan fingerprint density at radius 2 is 2.38 bits per heavy atom. The maximum Gasteiger partial charge on any atom is 0.0484 e. The highest BCUT2D eigenvalue weighted by atomic mass is 16.6. The standard InChI is InChI=1S/C5H11NO2/c1-4(6)3-5(7)8-2/h3-4,7H,6H2,1-2H3/p-1/b5-3-/t4-/m1/s1. The lowest BCUT2D eigenvalue weighted by molar-refractivity contribution is -0.353. The van der Waals surface area contributed by atoms with Crippen LogP contribution in [0.2, 0.25) is 0 Å². The van der Waals surface area contributed by atoms with E-state index in [0.29, 0.717) is 0 Å². The van der Waals surface area contributed by atoms with Crippen molar-refractivity contribution >= 4 is 0 Å². The van der Waals surface area contributed by atoms with Crippen LogP contribution in [0.4, 0.5) is 0 Å². The smallest absolute Gasteiger partial charge is 0.0484 e. The van der Waals surface area contributed by atoms with Crippen LogP contribution in [-0.2, 0) is 4.74 Å². The summed E-state index contributed by atoms with van der Waals surface area (Å²) in [5.41, 5.74) is 5.21. The highest BCUT2D eigenvalue weighted by molar-refractivity contribution is 4.87. The Labute approximate surface area is 48.8 Å². The van der Waals surface area contributed by atoms with Gasteiger partial charge in [-0.15, -0.1) is 0 Å². The predicted molar refractivity (Wildman–Crippen MR) is 28.7 cm³/mol. The lowest BCUT2D eigenvalue weighted by atomic mass is 10.4. The molecule has 0 spiro atoms. The molecule has 0 aromatic heterocycles. The van der Waals surface area contributed by atoms with E-state index < -0.39 is 0 Å². The summed E-state index contributed by atoms with van der Waals surface area (Å²) in [6.45, 7) is 1.71. The fourth-order valence-electron chi connectivity index (χ4n) is 0.283. The van der Waals surface area contributed by atoms with Crippen LogP contribution < -0.4 is 10.8 Å². The fourth-order valence-corrected chi connectivity index (χ4v) is 0.283. The van der Waals surface area contributed by atoms with E-state index in [-0.39, 0.29) is 12.0 Å². The van der Waals surface area contributed by atoms with E-state index in [1.54, 1.807) is 6.92 Å². The summed E-state index contributed by atoms with van der Waals surface area (Å²) in [4.78, 5) is 0. The number of methoxy groups -OCH3 is 1. The van der Waals surface area contributed by atoms with Gasteiger partial charge in [-0.05, 0) is 20.1 Å². The minimum absolute atomic E-state index is 0.220. The van der Waals surface area contributed by atoms with E-state index >= 15 is 0 Å². The Morgan fingerprint density at radius 3 is 2.50 bits per heavy atom. The van der Waals surface area contributed by atoms with Gasteiger partial charge in [0, 0.05) is 12.0 Å². The van der Waals surface area contributed by atoms with Crippen molar-refractivity contribution in [3.05, 3.63) is 12.0 Å². The van der Waals surface area contributed by atoms with Gasteiger partial charge in [-0.1, -0.05) is 0 Å². The zero-order valence-corrected chi connectivity index (χ0v) is 5.05. The molecule has 3 nitrogen and oxygen atoms in total. The molecule has 0 aromatic carbocycles. The molecular formula is C5H10NO2-. The lowest BCUT2D eigenvalue weighted by Crippen LogP contribution is -2.16. The van der Waals surface area contributed by atoms with Crippen LogP contribution in [-0.4, -0.2) is 13.2 Å². The van der Waals surface area contributed by atoms with Gasteiger partial charge in [-0.3, -0.25) is 0 Å². The molecule has 0 unspecified atom stereocenters. The molecule has 2 N–H and O–H groups in total. The van der Waals surface area contributed by atoms with Crippen molar-refractivity contribution < 1.29 is 9.84 Å². The summed E-state index contributed by atoms with van der Waals surface area (Å²) in [6, 6.07) is -0.220. The average molecular weight is 116 g/mol. The first-order valence-electron chi connectivity index (χ1n) is 2.35. The highest BCUT2D eigenvalue weighted by Gasteiger charge is 1.82. The minimum Gasteiger partial charge on any atom is -0.617 e. The number of rotatable bonds is 2. The van der Waals surface area contributed by atoms with Crippen LogP contribution in [0.3, 0.4) is 0 Å². The lowest BCUT2D eigenvalue weighted by Gasteiger charge is -2.08. The van der Waals surface area contributed by atoms with Crippen molar-refractivity contribution in [3.63, 3.8) is 0 Å². The molecule has 0 aliphatic carbocycles. The summed E-state index contributed by atoms with van der Waals surface area (Å²) >= 11 is 0. The summed E-state index contributed by atoms with van der Waals surface area (Å²) in [5, 5.41) is 10.3. The van der Waals surface area contributed by atoms with Crippen molar-refractivity contribution in [1.82, 2.24) is 0 Å². The normalized spacial score (nSPS) is 15.6. The van der Waals surface area contributed by atoms with Gasteiger partial charge >= 0.3 is 0 Å². The summed E-state index contributed by atoms with van der Waals surface area (Å²) < 4.78 is 4.29. The first-order chi connectivity index (χ1) is 3.66. The van der Waals surface area contributed by atoms with Crippen molar-refractivity contribution in [1.29, 1.82) is 0 Å². The van der Waals surface area contributed by atoms with E-state index in [0.717, 1.165) is 0 Å². The zero-order chi connectivity index (χ0) is 6.57. The van der Waals surface area contributed by atoms with E-state index in [9.17, 15) is 5.11 Å². The van der Waals surface area contributed by atoms with Crippen molar-refractivity contribution in [2.45, 2.75) is 13.0 Å². The van der Waals surface area contributed by atoms with Crippen molar-refractivity contribution in [2.75, 3.05) is 7.11 Å². The van der Waals surface area contributed by atoms with E-state index in [1.807, 2.05) is 0 Å². The van der Waals surface area contributed by atoms with Gasteiger partial charge in [0.1, 0.15) is 0 Å². The molecule has 0 amide bonds. The van der Waals surface area contributed by atoms with Gasteiger partial charge in [-0.25, -0.2) is 0 Å². The second-order valence-corrected chi connectivity index (χ2v) is 1.55. The third-order valence-corrected chi connectivity index (χ3v) is 0.600. The topological polar surface area (TPSA) is 58.3 Å². The summed E-state index contributed by atoms with van der Waals surface area (Å²) in [5.74, 6) is -0.375. The van der Waals surface area contributed by atoms with Gasteiger partial charge in [0.05, 0.1) is 0 Å². The molecule has 48 valence electrons. The molecule has 0 fully saturated rings. The van der Waals surface area contributed by atoms with Crippen LogP contribution >= 0.6 is 0 Å². The van der Waals surface area contributed by atoms with Crippen molar-refractivity contribution in [2.24, 2.45) is 5.73 Å². The quantitative estimate of drug-likeness (QED) is 0.479. The largest absolute Gasteiger partial charge is 0.617 e. The zero-order valence-electron chi connectivity index (χ0n) is 5.05. The SMILES string of the molecule is CO/C([O-])=C\[C@@H](C)N. The van der Waals surface area contributed by atoms with E-state index in [1.165, 1.54) is 13.2 Å². The molecule has 0 saturated carbocycles. The van der Waals surface area contributed by atoms with Gasteiger partial charge in [0.2, 0.25) is 0 Å². The number of ether oxygens (including phenoxy) is 1. The average Bonchev–Trinajstić information content (AvgIpc) is 1.65. The Morgan fingerprint density at radius 1 is 1.88 bits per heavy atom. The second kappa shape index (κ2) is 3.32.